The molecular formula is C19H17ClN4O2. The maximum absolute atomic E-state index is 12.3. The van der Waals surface area contributed by atoms with Crippen molar-refractivity contribution in [1.82, 2.24) is 9.97 Å². The van der Waals surface area contributed by atoms with Crippen molar-refractivity contribution in [3.63, 3.8) is 0 Å². The summed E-state index contributed by atoms with van der Waals surface area (Å²) in [6, 6.07) is 14.7. The van der Waals surface area contributed by atoms with Crippen molar-refractivity contribution in [2.24, 2.45) is 0 Å². The van der Waals surface area contributed by atoms with Gasteiger partial charge in [-0.1, -0.05) is 35.9 Å². The number of benzene rings is 2. The van der Waals surface area contributed by atoms with Crippen LogP contribution in [0.5, 0.6) is 5.75 Å². The zero-order valence-electron chi connectivity index (χ0n) is 14.1. The highest BCUT2D eigenvalue weighted by atomic mass is 35.5. The molecular weight excluding hydrogens is 352 g/mol. The quantitative estimate of drug-likeness (QED) is 0.687. The van der Waals surface area contributed by atoms with Gasteiger partial charge < -0.3 is 15.4 Å². The summed E-state index contributed by atoms with van der Waals surface area (Å²) in [5.74, 6) is 0.801. The SMILES string of the molecule is COc1ccccc1NC(=O)c1cnc(NCc2ccc(Cl)cc2)cn1. The summed E-state index contributed by atoms with van der Waals surface area (Å²) in [5.41, 5.74) is 1.86. The van der Waals surface area contributed by atoms with Crippen LogP contribution in [0.1, 0.15) is 16.1 Å². The molecule has 2 N–H and O–H groups in total. The molecule has 7 heteroatoms. The van der Waals surface area contributed by atoms with Crippen molar-refractivity contribution in [1.29, 1.82) is 0 Å². The fraction of sp³-hybridized carbons (Fsp3) is 0.105. The molecule has 0 spiro atoms. The average Bonchev–Trinajstić information content (AvgIpc) is 2.68. The lowest BCUT2D eigenvalue weighted by atomic mass is 10.2. The number of hydrogen-bond donors (Lipinski definition) is 2. The third-order valence-electron chi connectivity index (χ3n) is 3.63. The molecule has 1 amide bonds. The molecule has 0 saturated carbocycles. The predicted octanol–water partition coefficient (Wildman–Crippen LogP) is 4.00. The van der Waals surface area contributed by atoms with Crippen LogP contribution in [0.2, 0.25) is 5.02 Å². The minimum atomic E-state index is -0.355. The number of ether oxygens (including phenoxy) is 1. The molecule has 0 saturated heterocycles. The second-order valence-electron chi connectivity index (χ2n) is 5.42. The largest absolute Gasteiger partial charge is 0.495 e. The number of rotatable bonds is 6. The highest BCUT2D eigenvalue weighted by molar-refractivity contribution is 6.30. The highest BCUT2D eigenvalue weighted by Crippen LogP contribution is 2.23. The molecule has 0 aliphatic heterocycles. The standard InChI is InChI=1S/C19H17ClN4O2/c1-26-17-5-3-2-4-15(17)24-19(25)16-11-23-18(12-21-16)22-10-13-6-8-14(20)9-7-13/h2-9,11-12H,10H2,1H3,(H,22,23)(H,24,25). The van der Waals surface area contributed by atoms with Gasteiger partial charge in [0.25, 0.3) is 5.91 Å². The van der Waals surface area contributed by atoms with E-state index < -0.39 is 0 Å². The maximum atomic E-state index is 12.3. The molecule has 0 bridgehead atoms. The summed E-state index contributed by atoms with van der Waals surface area (Å²) >= 11 is 5.86. The molecule has 0 aliphatic carbocycles. The van der Waals surface area contributed by atoms with Crippen LogP contribution in [0.4, 0.5) is 11.5 Å². The van der Waals surface area contributed by atoms with E-state index in [1.54, 1.807) is 19.2 Å². The summed E-state index contributed by atoms with van der Waals surface area (Å²) in [7, 11) is 1.55. The fourth-order valence-corrected chi connectivity index (χ4v) is 2.39. The number of amides is 1. The Morgan fingerprint density at radius 2 is 1.85 bits per heavy atom. The lowest BCUT2D eigenvalue weighted by Gasteiger charge is -2.10. The van der Waals surface area contributed by atoms with Crippen LogP contribution in [0.3, 0.4) is 0 Å². The first-order chi connectivity index (χ1) is 12.7. The van der Waals surface area contributed by atoms with Gasteiger partial charge in [-0.15, -0.1) is 0 Å². The second-order valence-corrected chi connectivity index (χ2v) is 5.86. The highest BCUT2D eigenvalue weighted by Gasteiger charge is 2.11. The molecule has 26 heavy (non-hydrogen) atoms. The Labute approximate surface area is 156 Å². The minimum Gasteiger partial charge on any atom is -0.495 e. The number of para-hydroxylation sites is 2. The van der Waals surface area contributed by atoms with E-state index in [9.17, 15) is 4.79 Å². The number of halogens is 1. The van der Waals surface area contributed by atoms with Gasteiger partial charge >= 0.3 is 0 Å². The normalized spacial score (nSPS) is 10.2. The zero-order chi connectivity index (χ0) is 18.4. The topological polar surface area (TPSA) is 76.1 Å². The van der Waals surface area contributed by atoms with Gasteiger partial charge in [-0.25, -0.2) is 9.97 Å². The van der Waals surface area contributed by atoms with Crippen LogP contribution in [0.15, 0.2) is 60.9 Å². The van der Waals surface area contributed by atoms with Crippen molar-refractivity contribution < 1.29 is 9.53 Å². The summed E-state index contributed by atoms with van der Waals surface area (Å²) in [4.78, 5) is 20.7. The number of aromatic nitrogens is 2. The van der Waals surface area contributed by atoms with Crippen molar-refractivity contribution in [3.8, 4) is 5.75 Å². The van der Waals surface area contributed by atoms with E-state index in [0.29, 0.717) is 28.8 Å². The number of carbonyl (C=O) groups is 1. The first-order valence-corrected chi connectivity index (χ1v) is 8.28. The van der Waals surface area contributed by atoms with Gasteiger partial charge in [0.15, 0.2) is 0 Å². The molecule has 0 radical (unpaired) electrons. The Hall–Kier alpha value is -3.12. The van der Waals surface area contributed by atoms with Gasteiger partial charge in [0.1, 0.15) is 17.3 Å². The third-order valence-corrected chi connectivity index (χ3v) is 3.88. The smallest absolute Gasteiger partial charge is 0.275 e. The predicted molar refractivity (Wildman–Crippen MR) is 102 cm³/mol. The zero-order valence-corrected chi connectivity index (χ0v) is 14.8. The van der Waals surface area contributed by atoms with Gasteiger partial charge in [-0.3, -0.25) is 4.79 Å². The van der Waals surface area contributed by atoms with E-state index in [4.69, 9.17) is 16.3 Å². The first-order valence-electron chi connectivity index (χ1n) is 7.90. The molecule has 0 unspecified atom stereocenters. The summed E-state index contributed by atoms with van der Waals surface area (Å²) < 4.78 is 5.21. The molecule has 1 aromatic heterocycles. The lowest BCUT2D eigenvalue weighted by Crippen LogP contribution is -2.15. The maximum Gasteiger partial charge on any atom is 0.275 e. The van der Waals surface area contributed by atoms with Gasteiger partial charge in [-0.05, 0) is 29.8 Å². The number of carbonyl (C=O) groups excluding carboxylic acids is 1. The van der Waals surface area contributed by atoms with Crippen molar-refractivity contribution >= 4 is 29.0 Å². The number of nitrogens with zero attached hydrogens (tertiary/aromatic N) is 2. The Morgan fingerprint density at radius 1 is 1.08 bits per heavy atom. The van der Waals surface area contributed by atoms with E-state index in [1.165, 1.54) is 12.4 Å². The second kappa shape index (κ2) is 8.31. The third kappa shape index (κ3) is 4.49. The van der Waals surface area contributed by atoms with E-state index in [-0.39, 0.29) is 11.6 Å². The van der Waals surface area contributed by atoms with Crippen LogP contribution >= 0.6 is 11.6 Å². The van der Waals surface area contributed by atoms with Crippen molar-refractivity contribution in [2.45, 2.75) is 6.54 Å². The minimum absolute atomic E-state index is 0.216. The Kier molecular flexibility index (Phi) is 5.66. The van der Waals surface area contributed by atoms with E-state index >= 15 is 0 Å². The average molecular weight is 369 g/mol. The van der Waals surface area contributed by atoms with Crippen molar-refractivity contribution in [3.05, 3.63) is 77.2 Å². The monoisotopic (exact) mass is 368 g/mol. The molecule has 3 rings (SSSR count). The van der Waals surface area contributed by atoms with Crippen LogP contribution in [0.25, 0.3) is 0 Å². The summed E-state index contributed by atoms with van der Waals surface area (Å²) in [6.07, 6.45) is 2.95. The van der Waals surface area contributed by atoms with E-state index in [0.717, 1.165) is 5.56 Å². The molecule has 132 valence electrons. The number of nitrogens with one attached hydrogen (secondary N) is 2. The van der Waals surface area contributed by atoms with Crippen LogP contribution in [-0.2, 0) is 6.54 Å². The molecule has 2 aromatic carbocycles. The number of methoxy groups -OCH3 is 1. The molecule has 0 fully saturated rings. The van der Waals surface area contributed by atoms with E-state index in [1.807, 2.05) is 36.4 Å². The summed E-state index contributed by atoms with van der Waals surface area (Å²) in [5, 5.41) is 6.60. The fourth-order valence-electron chi connectivity index (χ4n) is 2.27. The molecule has 3 aromatic rings. The van der Waals surface area contributed by atoms with Gasteiger partial charge in [0, 0.05) is 11.6 Å². The van der Waals surface area contributed by atoms with Gasteiger partial charge in [0.05, 0.1) is 25.2 Å². The Balaban J connectivity index is 1.61. The van der Waals surface area contributed by atoms with E-state index in [2.05, 4.69) is 20.6 Å². The van der Waals surface area contributed by atoms with Gasteiger partial charge in [-0.2, -0.15) is 0 Å². The lowest BCUT2D eigenvalue weighted by molar-refractivity contribution is 0.102. The Bertz CT molecular complexity index is 883. The first kappa shape index (κ1) is 17.7. The van der Waals surface area contributed by atoms with Crippen molar-refractivity contribution in [2.75, 3.05) is 17.7 Å². The molecule has 0 aliphatic rings. The number of hydrogen-bond acceptors (Lipinski definition) is 5. The Morgan fingerprint density at radius 3 is 2.54 bits per heavy atom. The van der Waals surface area contributed by atoms with Crippen LogP contribution < -0.4 is 15.4 Å². The van der Waals surface area contributed by atoms with Crippen LogP contribution in [-0.4, -0.2) is 23.0 Å². The number of anilines is 2. The summed E-state index contributed by atoms with van der Waals surface area (Å²) in [6.45, 7) is 0.582. The molecule has 0 atom stereocenters. The van der Waals surface area contributed by atoms with Gasteiger partial charge in [0.2, 0.25) is 0 Å². The van der Waals surface area contributed by atoms with Crippen LogP contribution in [0, 0.1) is 0 Å². The molecule has 1 heterocycles. The molecule has 6 nitrogen and oxygen atoms in total.